The molecule has 3 atom stereocenters. The van der Waals surface area contributed by atoms with Gasteiger partial charge in [-0.05, 0) is 30.3 Å². The van der Waals surface area contributed by atoms with Crippen LogP contribution in [0.1, 0.15) is 11.6 Å². The van der Waals surface area contributed by atoms with Crippen molar-refractivity contribution < 1.29 is 33.4 Å². The average Bonchev–Trinajstić information content (AvgIpc) is 3.43. The van der Waals surface area contributed by atoms with Crippen LogP contribution in [0.15, 0.2) is 66.7 Å². The fraction of sp³-hybridized carbons (Fsp3) is 0.259. The summed E-state index contributed by atoms with van der Waals surface area (Å²) >= 11 is 0. The lowest BCUT2D eigenvalue weighted by Gasteiger charge is -2.30. The predicted molar refractivity (Wildman–Crippen MR) is 132 cm³/mol. The molecule has 0 aromatic heterocycles. The van der Waals surface area contributed by atoms with Crippen molar-refractivity contribution in [1.29, 1.82) is 0 Å². The summed E-state index contributed by atoms with van der Waals surface area (Å²) in [5, 5.41) is 1.61. The van der Waals surface area contributed by atoms with Crippen LogP contribution in [0.25, 0.3) is 0 Å². The van der Waals surface area contributed by atoms with Crippen molar-refractivity contribution >= 4 is 23.2 Å². The Morgan fingerprint density at radius 2 is 1.31 bits per heavy atom. The van der Waals surface area contributed by atoms with E-state index in [4.69, 9.17) is 23.8 Å². The molecule has 3 aromatic rings. The van der Waals surface area contributed by atoms with Crippen LogP contribution < -0.4 is 28.9 Å². The van der Waals surface area contributed by atoms with Gasteiger partial charge in [-0.15, -0.1) is 0 Å². The molecule has 0 bridgehead atoms. The maximum Gasteiger partial charge on any atom is 0.266 e. The molecule has 36 heavy (non-hydrogen) atoms. The van der Waals surface area contributed by atoms with E-state index in [2.05, 4.69) is 0 Å². The number of methoxy groups -OCH3 is 4. The summed E-state index contributed by atoms with van der Waals surface area (Å²) in [4.78, 5) is 34.9. The predicted octanol–water partition coefficient (Wildman–Crippen LogP) is 3.77. The topological polar surface area (TPSA) is 86.8 Å². The lowest BCUT2D eigenvalue weighted by atomic mass is 9.89. The molecular weight excluding hydrogens is 464 g/mol. The quantitative estimate of drug-likeness (QED) is 0.463. The van der Waals surface area contributed by atoms with Gasteiger partial charge in [-0.3, -0.25) is 14.4 Å². The number of para-hydroxylation sites is 3. The molecule has 2 aliphatic heterocycles. The molecule has 2 saturated heterocycles. The van der Waals surface area contributed by atoms with Crippen LogP contribution in [0.5, 0.6) is 23.0 Å². The summed E-state index contributed by atoms with van der Waals surface area (Å²) in [6.07, 6.45) is -1.04. The Morgan fingerprint density at radius 1 is 0.694 bits per heavy atom. The average molecular weight is 491 g/mol. The number of rotatable bonds is 7. The number of carbonyl (C=O) groups excluding carboxylic acids is 2. The molecule has 0 spiro atoms. The van der Waals surface area contributed by atoms with Crippen molar-refractivity contribution in [2.24, 2.45) is 5.92 Å². The number of ether oxygens (including phenoxy) is 4. The van der Waals surface area contributed by atoms with Crippen LogP contribution in [-0.2, 0) is 14.4 Å². The zero-order valence-corrected chi connectivity index (χ0v) is 20.3. The van der Waals surface area contributed by atoms with E-state index < -0.39 is 29.9 Å². The molecule has 9 heteroatoms. The van der Waals surface area contributed by atoms with Crippen LogP contribution >= 0.6 is 0 Å². The summed E-state index contributed by atoms with van der Waals surface area (Å²) in [7, 11) is 6.10. The Balaban J connectivity index is 1.67. The second-order valence-corrected chi connectivity index (χ2v) is 8.29. The second-order valence-electron chi connectivity index (χ2n) is 8.29. The fourth-order valence-corrected chi connectivity index (χ4v) is 4.87. The first-order valence-electron chi connectivity index (χ1n) is 11.4. The number of benzene rings is 3. The Morgan fingerprint density at radius 3 is 1.97 bits per heavy atom. The molecule has 2 heterocycles. The van der Waals surface area contributed by atoms with Crippen molar-refractivity contribution in [2.45, 2.75) is 12.1 Å². The van der Waals surface area contributed by atoms with Gasteiger partial charge >= 0.3 is 0 Å². The van der Waals surface area contributed by atoms with Crippen molar-refractivity contribution in [2.75, 3.05) is 38.4 Å². The van der Waals surface area contributed by atoms with Gasteiger partial charge in [-0.2, -0.15) is 0 Å². The fourth-order valence-electron chi connectivity index (χ4n) is 4.87. The highest BCUT2D eigenvalue weighted by Gasteiger charge is 2.61. The van der Waals surface area contributed by atoms with Gasteiger partial charge in [-0.1, -0.05) is 30.3 Å². The molecule has 0 radical (unpaired) electrons. The van der Waals surface area contributed by atoms with Gasteiger partial charge in [0.1, 0.15) is 23.5 Å². The van der Waals surface area contributed by atoms with Gasteiger partial charge in [-0.25, -0.2) is 9.96 Å². The van der Waals surface area contributed by atoms with Gasteiger partial charge in [0.05, 0.1) is 39.8 Å². The van der Waals surface area contributed by atoms with E-state index in [1.165, 1.54) is 28.4 Å². The van der Waals surface area contributed by atoms with Crippen LogP contribution in [0.3, 0.4) is 0 Å². The molecule has 186 valence electrons. The molecule has 2 amide bonds. The molecule has 0 N–H and O–H groups in total. The Labute approximate surface area is 208 Å². The summed E-state index contributed by atoms with van der Waals surface area (Å²) in [6.45, 7) is 0. The normalized spacial score (nSPS) is 20.9. The molecule has 2 aliphatic rings. The lowest BCUT2D eigenvalue weighted by molar-refractivity contribution is -0.126. The van der Waals surface area contributed by atoms with E-state index in [9.17, 15) is 9.59 Å². The van der Waals surface area contributed by atoms with Gasteiger partial charge in [0, 0.05) is 11.6 Å². The van der Waals surface area contributed by atoms with Gasteiger partial charge in [0.25, 0.3) is 5.91 Å². The monoisotopic (exact) mass is 490 g/mol. The van der Waals surface area contributed by atoms with E-state index >= 15 is 0 Å². The number of imide groups is 1. The largest absolute Gasteiger partial charge is 0.496 e. The molecule has 9 nitrogen and oxygen atoms in total. The van der Waals surface area contributed by atoms with Crippen LogP contribution in [0.4, 0.5) is 11.4 Å². The number of hydrogen-bond donors (Lipinski definition) is 0. The Hall–Kier alpha value is -4.24. The highest BCUT2D eigenvalue weighted by atomic mass is 16.7. The maximum absolute atomic E-state index is 13.9. The summed E-state index contributed by atoms with van der Waals surface area (Å²) < 4.78 is 22.1. The molecule has 0 saturated carbocycles. The van der Waals surface area contributed by atoms with Crippen molar-refractivity contribution in [1.82, 2.24) is 0 Å². The number of amides is 2. The number of fused-ring (bicyclic) bond motifs is 1. The van der Waals surface area contributed by atoms with E-state index in [0.717, 1.165) is 4.90 Å². The molecule has 3 aromatic carbocycles. The third kappa shape index (κ3) is 3.59. The van der Waals surface area contributed by atoms with Crippen molar-refractivity contribution in [3.05, 3.63) is 72.3 Å². The van der Waals surface area contributed by atoms with Gasteiger partial charge in [0.2, 0.25) is 5.91 Å². The third-order valence-corrected chi connectivity index (χ3v) is 6.51. The molecule has 2 fully saturated rings. The molecular formula is C27H26N2O7. The van der Waals surface area contributed by atoms with E-state index in [-0.39, 0.29) is 0 Å². The number of hydrogen-bond acceptors (Lipinski definition) is 8. The van der Waals surface area contributed by atoms with E-state index in [1.54, 1.807) is 41.5 Å². The third-order valence-electron chi connectivity index (χ3n) is 6.51. The zero-order valence-electron chi connectivity index (χ0n) is 20.3. The highest BCUT2D eigenvalue weighted by Crippen LogP contribution is 2.51. The van der Waals surface area contributed by atoms with Crippen LogP contribution in [0, 0.1) is 5.92 Å². The SMILES string of the molecule is COc1cc(OC)c([C@H]2[C@@H]3C(=O)N(c4ccccc4OC)C(=O)[C@H]3ON2c2ccccc2)cc1OC. The molecule has 0 aliphatic carbocycles. The van der Waals surface area contributed by atoms with E-state index in [1.807, 2.05) is 30.3 Å². The Bertz CT molecular complexity index is 1300. The summed E-state index contributed by atoms with van der Waals surface area (Å²) in [5.41, 5.74) is 1.69. The summed E-state index contributed by atoms with van der Waals surface area (Å²) in [5.74, 6) is 0.118. The number of nitrogens with zero attached hydrogens (tertiary/aromatic N) is 2. The standard InChI is InChI=1S/C27H26N2O7/c1-32-19-13-9-8-12-18(19)28-26(30)23-24(17-14-21(34-3)22(35-4)15-20(17)33-2)29(36-25(23)27(28)31)16-10-6-5-7-11-16/h5-15,23-25H,1-4H3/t23-,24-,25-/m0/s1. The minimum Gasteiger partial charge on any atom is -0.496 e. The first-order chi connectivity index (χ1) is 17.5. The Kier molecular flexibility index (Phi) is 6.15. The highest BCUT2D eigenvalue weighted by molar-refractivity contribution is 6.24. The number of hydroxylamine groups is 1. The summed E-state index contributed by atoms with van der Waals surface area (Å²) in [6, 6.07) is 19.0. The second kappa shape index (κ2) is 9.43. The van der Waals surface area contributed by atoms with Gasteiger partial charge < -0.3 is 18.9 Å². The number of anilines is 2. The molecule has 5 rings (SSSR count). The van der Waals surface area contributed by atoms with Crippen LogP contribution in [0.2, 0.25) is 0 Å². The number of carbonyl (C=O) groups is 2. The minimum atomic E-state index is -1.04. The zero-order chi connectivity index (χ0) is 25.4. The maximum atomic E-state index is 13.9. The van der Waals surface area contributed by atoms with Crippen molar-refractivity contribution in [3.63, 3.8) is 0 Å². The first-order valence-corrected chi connectivity index (χ1v) is 11.4. The van der Waals surface area contributed by atoms with Crippen molar-refractivity contribution in [3.8, 4) is 23.0 Å². The lowest BCUT2D eigenvalue weighted by Crippen LogP contribution is -2.37. The first kappa shape index (κ1) is 23.5. The smallest absolute Gasteiger partial charge is 0.266 e. The molecule has 0 unspecified atom stereocenters. The van der Waals surface area contributed by atoms with Gasteiger partial charge in [0.15, 0.2) is 17.6 Å². The minimum absolute atomic E-state index is 0.372. The van der Waals surface area contributed by atoms with E-state index in [0.29, 0.717) is 39.9 Å². The van der Waals surface area contributed by atoms with Crippen LogP contribution in [-0.4, -0.2) is 46.4 Å².